The van der Waals surface area contributed by atoms with Crippen LogP contribution in [0.3, 0.4) is 0 Å². The molecule has 0 aliphatic heterocycles. The Morgan fingerprint density at radius 3 is 2.50 bits per heavy atom. The van der Waals surface area contributed by atoms with Gasteiger partial charge in [0.1, 0.15) is 0 Å². The Hall–Kier alpha value is -2.37. The lowest BCUT2D eigenvalue weighted by molar-refractivity contribution is 0.312. The van der Waals surface area contributed by atoms with Crippen LogP contribution in [0.25, 0.3) is 0 Å². The molecule has 0 amide bonds. The van der Waals surface area contributed by atoms with E-state index in [2.05, 4.69) is 38.6 Å². The van der Waals surface area contributed by atoms with Gasteiger partial charge in [0.05, 0.1) is 6.61 Å². The predicted octanol–water partition coefficient (Wildman–Crippen LogP) is 2.67. The lowest BCUT2D eigenvalue weighted by Crippen LogP contribution is -2.07. The van der Waals surface area contributed by atoms with Crippen LogP contribution in [0, 0.1) is 13.8 Å². The number of nitrogens with one attached hydrogen (secondary N) is 2. The Morgan fingerprint density at radius 2 is 1.85 bits per heavy atom. The molecule has 0 radical (unpaired) electrons. The molecular weight excluding hydrogens is 254 g/mol. The zero-order valence-corrected chi connectivity index (χ0v) is 12.2. The van der Waals surface area contributed by atoms with Crippen molar-refractivity contribution in [2.45, 2.75) is 20.8 Å². The second-order valence-corrected chi connectivity index (χ2v) is 4.39. The molecule has 0 aliphatic carbocycles. The standard InChI is InChI=1S/C14H19N5O/c1-5-20-14-18-12(15-4)17-13(19-14)16-11-7-6-9(2)8-10(11)3/h6-8H,5H2,1-4H3,(H2,15,16,17,18,19). The van der Waals surface area contributed by atoms with Gasteiger partial charge in [-0.05, 0) is 32.4 Å². The summed E-state index contributed by atoms with van der Waals surface area (Å²) in [4.78, 5) is 12.6. The molecule has 106 valence electrons. The number of aryl methyl sites for hydroxylation is 2. The van der Waals surface area contributed by atoms with E-state index >= 15 is 0 Å². The van der Waals surface area contributed by atoms with E-state index in [1.54, 1.807) is 7.05 Å². The van der Waals surface area contributed by atoms with Gasteiger partial charge in [-0.2, -0.15) is 15.0 Å². The van der Waals surface area contributed by atoms with Crippen LogP contribution in [0.2, 0.25) is 0 Å². The van der Waals surface area contributed by atoms with E-state index in [9.17, 15) is 0 Å². The first kappa shape index (κ1) is 14.0. The molecule has 1 aromatic carbocycles. The van der Waals surface area contributed by atoms with Gasteiger partial charge in [-0.25, -0.2) is 0 Å². The minimum atomic E-state index is 0.305. The Balaban J connectivity index is 2.29. The molecule has 0 saturated heterocycles. The molecule has 1 aromatic heterocycles. The lowest BCUT2D eigenvalue weighted by Gasteiger charge is -2.11. The van der Waals surface area contributed by atoms with Crippen LogP contribution in [-0.4, -0.2) is 28.6 Å². The lowest BCUT2D eigenvalue weighted by atomic mass is 10.1. The number of rotatable bonds is 5. The zero-order chi connectivity index (χ0) is 14.5. The molecule has 6 heteroatoms. The molecule has 0 bridgehead atoms. The number of ether oxygens (including phenoxy) is 1. The number of anilines is 3. The quantitative estimate of drug-likeness (QED) is 0.872. The number of benzene rings is 1. The van der Waals surface area contributed by atoms with E-state index in [1.165, 1.54) is 5.56 Å². The second-order valence-electron chi connectivity index (χ2n) is 4.39. The van der Waals surface area contributed by atoms with Crippen molar-refractivity contribution in [2.75, 3.05) is 24.3 Å². The summed E-state index contributed by atoms with van der Waals surface area (Å²) in [6.45, 7) is 6.50. The Labute approximate surface area is 118 Å². The molecule has 0 spiro atoms. The first-order valence-electron chi connectivity index (χ1n) is 6.53. The number of aromatic nitrogens is 3. The van der Waals surface area contributed by atoms with Crippen molar-refractivity contribution >= 4 is 17.6 Å². The number of hydrogen-bond acceptors (Lipinski definition) is 6. The van der Waals surface area contributed by atoms with E-state index in [-0.39, 0.29) is 0 Å². The van der Waals surface area contributed by atoms with Crippen LogP contribution in [0.1, 0.15) is 18.1 Å². The summed E-state index contributed by atoms with van der Waals surface area (Å²) in [7, 11) is 1.76. The SMILES string of the molecule is CCOc1nc(NC)nc(Nc2ccc(C)cc2C)n1. The van der Waals surface area contributed by atoms with Crippen molar-refractivity contribution in [1.29, 1.82) is 0 Å². The smallest absolute Gasteiger partial charge is 0.323 e. The van der Waals surface area contributed by atoms with E-state index in [4.69, 9.17) is 4.74 Å². The molecule has 0 aliphatic rings. The van der Waals surface area contributed by atoms with Gasteiger partial charge in [-0.15, -0.1) is 0 Å². The Bertz CT molecular complexity index is 600. The summed E-state index contributed by atoms with van der Waals surface area (Å²) in [5.41, 5.74) is 3.32. The van der Waals surface area contributed by atoms with Crippen LogP contribution < -0.4 is 15.4 Å². The Kier molecular flexibility index (Phi) is 4.34. The van der Waals surface area contributed by atoms with Crippen molar-refractivity contribution in [1.82, 2.24) is 15.0 Å². The van der Waals surface area contributed by atoms with E-state index in [1.807, 2.05) is 26.0 Å². The van der Waals surface area contributed by atoms with Gasteiger partial charge in [0.2, 0.25) is 11.9 Å². The molecule has 2 rings (SSSR count). The van der Waals surface area contributed by atoms with Gasteiger partial charge >= 0.3 is 6.01 Å². The van der Waals surface area contributed by atoms with Crippen molar-refractivity contribution < 1.29 is 4.74 Å². The Morgan fingerprint density at radius 1 is 1.10 bits per heavy atom. The van der Waals surface area contributed by atoms with Crippen molar-refractivity contribution in [2.24, 2.45) is 0 Å². The molecular formula is C14H19N5O. The van der Waals surface area contributed by atoms with Crippen LogP contribution in [0.15, 0.2) is 18.2 Å². The highest BCUT2D eigenvalue weighted by molar-refractivity contribution is 5.59. The molecule has 6 nitrogen and oxygen atoms in total. The third kappa shape index (κ3) is 3.34. The fraction of sp³-hybridized carbons (Fsp3) is 0.357. The molecule has 0 unspecified atom stereocenters. The largest absolute Gasteiger partial charge is 0.464 e. The van der Waals surface area contributed by atoms with Crippen molar-refractivity contribution in [3.05, 3.63) is 29.3 Å². The van der Waals surface area contributed by atoms with Crippen molar-refractivity contribution in [3.63, 3.8) is 0 Å². The summed E-state index contributed by atoms with van der Waals surface area (Å²) in [5.74, 6) is 0.926. The third-order valence-electron chi connectivity index (χ3n) is 2.74. The van der Waals surface area contributed by atoms with E-state index in [0.717, 1.165) is 11.3 Å². The van der Waals surface area contributed by atoms with Gasteiger partial charge in [-0.1, -0.05) is 17.7 Å². The minimum Gasteiger partial charge on any atom is -0.464 e. The minimum absolute atomic E-state index is 0.305. The summed E-state index contributed by atoms with van der Waals surface area (Å²) in [6, 6.07) is 6.46. The molecule has 1 heterocycles. The molecule has 0 atom stereocenters. The molecule has 2 aromatic rings. The third-order valence-corrected chi connectivity index (χ3v) is 2.74. The molecule has 2 N–H and O–H groups in total. The van der Waals surface area contributed by atoms with E-state index < -0.39 is 0 Å². The number of nitrogens with zero attached hydrogens (tertiary/aromatic N) is 3. The van der Waals surface area contributed by atoms with Gasteiger partial charge in [0, 0.05) is 12.7 Å². The molecule has 20 heavy (non-hydrogen) atoms. The average Bonchev–Trinajstić information content (AvgIpc) is 2.42. The summed E-state index contributed by atoms with van der Waals surface area (Å²) in [5, 5.41) is 6.08. The maximum atomic E-state index is 5.33. The van der Waals surface area contributed by atoms with Crippen molar-refractivity contribution in [3.8, 4) is 6.01 Å². The first-order valence-corrected chi connectivity index (χ1v) is 6.53. The van der Waals surface area contributed by atoms with Crippen LogP contribution in [0.4, 0.5) is 17.6 Å². The predicted molar refractivity (Wildman–Crippen MR) is 79.7 cm³/mol. The number of hydrogen-bond donors (Lipinski definition) is 2. The fourth-order valence-corrected chi connectivity index (χ4v) is 1.79. The molecule has 0 fully saturated rings. The zero-order valence-electron chi connectivity index (χ0n) is 12.2. The van der Waals surface area contributed by atoms with Crippen LogP contribution in [0.5, 0.6) is 6.01 Å². The molecule has 0 saturated carbocycles. The fourth-order valence-electron chi connectivity index (χ4n) is 1.79. The first-order chi connectivity index (χ1) is 9.62. The second kappa shape index (κ2) is 6.18. The van der Waals surface area contributed by atoms with Gasteiger partial charge < -0.3 is 15.4 Å². The summed E-state index contributed by atoms with van der Waals surface area (Å²) >= 11 is 0. The van der Waals surface area contributed by atoms with Crippen LogP contribution in [-0.2, 0) is 0 Å². The highest BCUT2D eigenvalue weighted by atomic mass is 16.5. The van der Waals surface area contributed by atoms with Gasteiger partial charge in [0.25, 0.3) is 0 Å². The normalized spacial score (nSPS) is 10.2. The summed E-state index contributed by atoms with van der Waals surface area (Å²) in [6.07, 6.45) is 0. The van der Waals surface area contributed by atoms with Gasteiger partial charge in [0.15, 0.2) is 0 Å². The topological polar surface area (TPSA) is 72.0 Å². The maximum absolute atomic E-state index is 5.33. The van der Waals surface area contributed by atoms with E-state index in [0.29, 0.717) is 24.5 Å². The van der Waals surface area contributed by atoms with Crippen LogP contribution >= 0.6 is 0 Å². The van der Waals surface area contributed by atoms with Gasteiger partial charge in [-0.3, -0.25) is 0 Å². The average molecular weight is 273 g/mol. The monoisotopic (exact) mass is 273 g/mol. The highest BCUT2D eigenvalue weighted by Crippen LogP contribution is 2.21. The maximum Gasteiger partial charge on any atom is 0.323 e. The highest BCUT2D eigenvalue weighted by Gasteiger charge is 2.07. The summed E-state index contributed by atoms with van der Waals surface area (Å²) < 4.78 is 5.33.